The standard InChI is InChI=1S/C19H22N4O5S/c24-10-4-9-22-16-8-2-1-7-15(16)18(21-19(22)26)29-12-17(25)20-13-5-3-6-14(11-13)23(27)28/h3,5-6,11,24H,1-2,4,7-10,12H2,(H,20,25). The number of anilines is 1. The fourth-order valence-corrected chi connectivity index (χ4v) is 4.23. The van der Waals surface area contributed by atoms with E-state index in [0.717, 1.165) is 36.9 Å². The lowest BCUT2D eigenvalue weighted by Crippen LogP contribution is -2.30. The van der Waals surface area contributed by atoms with E-state index in [0.29, 0.717) is 23.7 Å². The van der Waals surface area contributed by atoms with Crippen molar-refractivity contribution >= 4 is 29.0 Å². The molecular weight excluding hydrogens is 396 g/mol. The molecule has 154 valence electrons. The van der Waals surface area contributed by atoms with Crippen LogP contribution in [0.15, 0.2) is 34.1 Å². The number of nitro benzene ring substituents is 1. The Labute approximate surface area is 171 Å². The number of benzene rings is 1. The molecule has 1 aliphatic rings. The largest absolute Gasteiger partial charge is 0.396 e. The van der Waals surface area contributed by atoms with E-state index in [1.54, 1.807) is 10.6 Å². The van der Waals surface area contributed by atoms with Crippen molar-refractivity contribution in [1.82, 2.24) is 9.55 Å². The highest BCUT2D eigenvalue weighted by Gasteiger charge is 2.21. The zero-order valence-electron chi connectivity index (χ0n) is 15.8. The van der Waals surface area contributed by atoms with E-state index in [1.807, 2.05) is 0 Å². The van der Waals surface area contributed by atoms with E-state index in [1.165, 1.54) is 30.0 Å². The molecule has 1 aromatic carbocycles. The minimum absolute atomic E-state index is 0.00946. The quantitative estimate of drug-likeness (QED) is 0.291. The van der Waals surface area contributed by atoms with Crippen LogP contribution < -0.4 is 11.0 Å². The summed E-state index contributed by atoms with van der Waals surface area (Å²) in [5, 5.41) is 23.1. The summed E-state index contributed by atoms with van der Waals surface area (Å²) in [5.41, 5.74) is 1.84. The van der Waals surface area contributed by atoms with Gasteiger partial charge >= 0.3 is 5.69 Å². The fraction of sp³-hybridized carbons (Fsp3) is 0.421. The van der Waals surface area contributed by atoms with Crippen molar-refractivity contribution < 1.29 is 14.8 Å². The Kier molecular flexibility index (Phi) is 6.99. The van der Waals surface area contributed by atoms with Gasteiger partial charge in [0.1, 0.15) is 5.03 Å². The van der Waals surface area contributed by atoms with Gasteiger partial charge in [0, 0.05) is 42.2 Å². The van der Waals surface area contributed by atoms with Crippen LogP contribution >= 0.6 is 11.8 Å². The van der Waals surface area contributed by atoms with E-state index in [2.05, 4.69) is 10.3 Å². The van der Waals surface area contributed by atoms with Crippen LogP contribution in [0.2, 0.25) is 0 Å². The number of nitro groups is 1. The Balaban J connectivity index is 1.72. The maximum atomic E-state index is 12.4. The van der Waals surface area contributed by atoms with Gasteiger partial charge in [-0.05, 0) is 38.2 Å². The van der Waals surface area contributed by atoms with Gasteiger partial charge in [0.15, 0.2) is 0 Å². The third-order valence-electron chi connectivity index (χ3n) is 4.67. The number of hydrogen-bond acceptors (Lipinski definition) is 7. The van der Waals surface area contributed by atoms with Crippen LogP contribution in [0, 0.1) is 10.1 Å². The highest BCUT2D eigenvalue weighted by atomic mass is 32.2. The number of non-ortho nitro benzene ring substituents is 1. The number of fused-ring (bicyclic) bond motifs is 1. The average Bonchev–Trinajstić information content (AvgIpc) is 2.71. The fourth-order valence-electron chi connectivity index (χ4n) is 3.35. The number of aliphatic hydroxyl groups excluding tert-OH is 1. The van der Waals surface area contributed by atoms with E-state index >= 15 is 0 Å². The van der Waals surface area contributed by atoms with Crippen LogP contribution in [-0.2, 0) is 24.2 Å². The molecule has 0 aliphatic heterocycles. The molecule has 9 nitrogen and oxygen atoms in total. The second-order valence-corrected chi connectivity index (χ2v) is 7.67. The summed E-state index contributed by atoms with van der Waals surface area (Å²) in [6, 6.07) is 5.74. The Bertz CT molecular complexity index is 976. The third kappa shape index (κ3) is 5.21. The number of nitrogens with one attached hydrogen (secondary N) is 1. The third-order valence-corrected chi connectivity index (χ3v) is 5.69. The van der Waals surface area contributed by atoms with Gasteiger partial charge in [-0.25, -0.2) is 4.79 Å². The van der Waals surface area contributed by atoms with Crippen LogP contribution in [0.4, 0.5) is 11.4 Å². The van der Waals surface area contributed by atoms with Crippen molar-refractivity contribution in [3.63, 3.8) is 0 Å². The zero-order valence-corrected chi connectivity index (χ0v) is 16.6. The number of hydrogen-bond donors (Lipinski definition) is 2. The van der Waals surface area contributed by atoms with E-state index in [9.17, 15) is 19.7 Å². The number of thioether (sulfide) groups is 1. The van der Waals surface area contributed by atoms with E-state index in [4.69, 9.17) is 5.11 Å². The summed E-state index contributed by atoms with van der Waals surface area (Å²) < 4.78 is 1.64. The van der Waals surface area contributed by atoms with Crippen LogP contribution in [0.3, 0.4) is 0 Å². The second-order valence-electron chi connectivity index (χ2n) is 6.70. The number of rotatable bonds is 8. The van der Waals surface area contributed by atoms with Crippen LogP contribution in [-0.4, -0.2) is 37.8 Å². The molecule has 0 bridgehead atoms. The summed E-state index contributed by atoms with van der Waals surface area (Å²) in [7, 11) is 0. The van der Waals surface area contributed by atoms with Crippen molar-refractivity contribution in [1.29, 1.82) is 0 Å². The smallest absolute Gasteiger partial charge is 0.348 e. The normalized spacial score (nSPS) is 13.0. The summed E-state index contributed by atoms with van der Waals surface area (Å²) in [4.78, 5) is 39.2. The number of nitrogens with zero attached hydrogens (tertiary/aromatic N) is 3. The molecule has 0 spiro atoms. The molecule has 0 saturated carbocycles. The zero-order chi connectivity index (χ0) is 20.8. The Morgan fingerprint density at radius 2 is 2.14 bits per heavy atom. The summed E-state index contributed by atoms with van der Waals surface area (Å²) in [5.74, 6) is -0.284. The van der Waals surface area contributed by atoms with E-state index < -0.39 is 4.92 Å². The van der Waals surface area contributed by atoms with Crippen LogP contribution in [0.5, 0.6) is 0 Å². The predicted octanol–water partition coefficient (Wildman–Crippen LogP) is 2.14. The minimum Gasteiger partial charge on any atom is -0.396 e. The lowest BCUT2D eigenvalue weighted by molar-refractivity contribution is -0.384. The van der Waals surface area contributed by atoms with Gasteiger partial charge in [-0.3, -0.25) is 19.5 Å². The number of carbonyl (C=O) groups excluding carboxylic acids is 1. The van der Waals surface area contributed by atoms with Gasteiger partial charge < -0.3 is 10.4 Å². The Morgan fingerprint density at radius 1 is 1.34 bits per heavy atom. The maximum Gasteiger partial charge on any atom is 0.348 e. The van der Waals surface area contributed by atoms with Gasteiger partial charge in [-0.1, -0.05) is 17.8 Å². The number of aliphatic hydroxyl groups is 1. The van der Waals surface area contributed by atoms with Crippen molar-refractivity contribution in [3.05, 3.63) is 56.1 Å². The molecule has 0 atom stereocenters. The molecule has 0 radical (unpaired) electrons. The Hall–Kier alpha value is -2.72. The monoisotopic (exact) mass is 418 g/mol. The second kappa shape index (κ2) is 9.66. The molecule has 29 heavy (non-hydrogen) atoms. The minimum atomic E-state index is -0.521. The van der Waals surface area contributed by atoms with Gasteiger partial charge in [0.2, 0.25) is 5.91 Å². The van der Waals surface area contributed by atoms with Crippen molar-refractivity contribution in [2.45, 2.75) is 43.7 Å². The van der Waals surface area contributed by atoms with Gasteiger partial charge in [-0.15, -0.1) is 0 Å². The number of aromatic nitrogens is 2. The number of amides is 1. The first kappa shape index (κ1) is 21.0. The topological polar surface area (TPSA) is 127 Å². The summed E-state index contributed by atoms with van der Waals surface area (Å²) >= 11 is 1.20. The SMILES string of the molecule is O=C(CSc1nc(=O)n(CCCO)c2c1CCCC2)Nc1cccc([N+](=O)[O-])c1. The molecule has 10 heteroatoms. The molecule has 0 fully saturated rings. The van der Waals surface area contributed by atoms with Crippen LogP contribution in [0.1, 0.15) is 30.5 Å². The first-order valence-electron chi connectivity index (χ1n) is 9.40. The summed E-state index contributed by atoms with van der Waals surface area (Å²) in [6.07, 6.45) is 4.07. The molecule has 1 heterocycles. The lowest BCUT2D eigenvalue weighted by atomic mass is 9.97. The Morgan fingerprint density at radius 3 is 2.90 bits per heavy atom. The van der Waals surface area contributed by atoms with Crippen molar-refractivity contribution in [2.24, 2.45) is 0 Å². The van der Waals surface area contributed by atoms with Gasteiger partial charge in [0.25, 0.3) is 5.69 Å². The molecule has 2 aromatic rings. The van der Waals surface area contributed by atoms with Gasteiger partial charge in [-0.2, -0.15) is 4.98 Å². The molecule has 0 saturated heterocycles. The molecule has 2 N–H and O–H groups in total. The molecular formula is C19H22N4O5S. The predicted molar refractivity (Wildman–Crippen MR) is 109 cm³/mol. The van der Waals surface area contributed by atoms with E-state index in [-0.39, 0.29) is 29.6 Å². The maximum absolute atomic E-state index is 12.4. The van der Waals surface area contributed by atoms with Gasteiger partial charge in [0.05, 0.1) is 10.7 Å². The molecule has 1 aromatic heterocycles. The highest BCUT2D eigenvalue weighted by Crippen LogP contribution is 2.28. The molecule has 1 amide bonds. The number of carbonyl (C=O) groups is 1. The van der Waals surface area contributed by atoms with Crippen molar-refractivity contribution in [3.8, 4) is 0 Å². The lowest BCUT2D eigenvalue weighted by Gasteiger charge is -2.22. The molecule has 0 unspecified atom stereocenters. The van der Waals surface area contributed by atoms with Crippen LogP contribution in [0.25, 0.3) is 0 Å². The highest BCUT2D eigenvalue weighted by molar-refractivity contribution is 8.00. The first-order valence-corrected chi connectivity index (χ1v) is 10.4. The molecule has 3 rings (SSSR count). The molecule has 1 aliphatic carbocycles. The van der Waals surface area contributed by atoms with Crippen molar-refractivity contribution in [2.75, 3.05) is 17.7 Å². The summed E-state index contributed by atoms with van der Waals surface area (Å²) in [6.45, 7) is 0.443. The average molecular weight is 418 g/mol. The first-order chi connectivity index (χ1) is 14.0.